The lowest BCUT2D eigenvalue weighted by atomic mass is 9.72. The van der Waals surface area contributed by atoms with E-state index in [4.69, 9.17) is 10.7 Å². The van der Waals surface area contributed by atoms with Crippen molar-refractivity contribution in [2.45, 2.75) is 36.9 Å². The third-order valence-corrected chi connectivity index (χ3v) is 6.11. The van der Waals surface area contributed by atoms with E-state index in [1.54, 1.807) is 11.1 Å². The van der Waals surface area contributed by atoms with Gasteiger partial charge in [-0.2, -0.15) is 5.10 Å². The molecular formula is C23H22N4O2. The van der Waals surface area contributed by atoms with Crippen molar-refractivity contribution in [3.8, 4) is 0 Å². The highest BCUT2D eigenvalue weighted by Gasteiger charge is 2.40. The summed E-state index contributed by atoms with van der Waals surface area (Å²) < 4.78 is 0. The maximum atomic E-state index is 11.4. The number of amidine groups is 1. The Balaban J connectivity index is 1.54. The Morgan fingerprint density at radius 2 is 1.76 bits per heavy atom. The molecule has 0 bridgehead atoms. The first-order chi connectivity index (χ1) is 14.0. The first-order valence-corrected chi connectivity index (χ1v) is 9.86. The lowest BCUT2D eigenvalue weighted by Crippen LogP contribution is -2.43. The summed E-state index contributed by atoms with van der Waals surface area (Å²) in [5.41, 5.74) is 9.55. The highest BCUT2D eigenvalue weighted by Crippen LogP contribution is 2.44. The smallest absolute Gasteiger partial charge is 0.356 e. The van der Waals surface area contributed by atoms with Crippen molar-refractivity contribution >= 4 is 17.5 Å². The number of hydrogen-bond acceptors (Lipinski definition) is 5. The zero-order valence-electron chi connectivity index (χ0n) is 15.9. The third-order valence-electron chi connectivity index (χ3n) is 6.11. The molecule has 29 heavy (non-hydrogen) atoms. The molecule has 1 fully saturated rings. The van der Waals surface area contributed by atoms with Crippen LogP contribution in [0.1, 0.15) is 48.0 Å². The third kappa shape index (κ3) is 2.96. The molecule has 1 aliphatic carbocycles. The number of nitrogens with two attached hydrogens (primary N) is 1. The van der Waals surface area contributed by atoms with E-state index in [1.807, 2.05) is 30.3 Å². The Bertz CT molecular complexity index is 1040. The second kappa shape index (κ2) is 6.67. The number of carboxylic acids is 1. The van der Waals surface area contributed by atoms with E-state index in [0.717, 1.165) is 24.0 Å². The van der Waals surface area contributed by atoms with Crippen LogP contribution in [0.5, 0.6) is 0 Å². The molecule has 2 aromatic rings. The van der Waals surface area contributed by atoms with Crippen LogP contribution in [0.4, 0.5) is 0 Å². The maximum absolute atomic E-state index is 11.4. The summed E-state index contributed by atoms with van der Waals surface area (Å²) in [6.45, 7) is 0. The van der Waals surface area contributed by atoms with Gasteiger partial charge in [0.15, 0.2) is 5.71 Å². The van der Waals surface area contributed by atoms with E-state index in [0.29, 0.717) is 5.84 Å². The van der Waals surface area contributed by atoms with Crippen molar-refractivity contribution in [1.82, 2.24) is 5.01 Å². The Kier molecular flexibility index (Phi) is 4.10. The molecule has 5 rings (SSSR count). The largest absolute Gasteiger partial charge is 0.476 e. The standard InChI is InChI=1S/C23H22N4O2/c24-23(13-4-14-23)17-9-7-15(8-10-17)20-21(16-5-2-1-3-6-16)27-19(25-20)12-11-18(26-27)22(28)29/h1-3,5-12,20-21H,4,13-14,24H2,(H,28,29). The summed E-state index contributed by atoms with van der Waals surface area (Å²) in [5, 5.41) is 15.5. The second-order valence-electron chi connectivity index (χ2n) is 7.89. The van der Waals surface area contributed by atoms with Gasteiger partial charge in [-0.1, -0.05) is 54.6 Å². The van der Waals surface area contributed by atoms with Crippen LogP contribution >= 0.6 is 0 Å². The normalized spacial score (nSPS) is 24.4. The van der Waals surface area contributed by atoms with Gasteiger partial charge in [0, 0.05) is 5.54 Å². The van der Waals surface area contributed by atoms with E-state index in [9.17, 15) is 9.90 Å². The zero-order chi connectivity index (χ0) is 20.0. The predicted octanol–water partition coefficient (Wildman–Crippen LogP) is 3.53. The van der Waals surface area contributed by atoms with Gasteiger partial charge >= 0.3 is 5.97 Å². The van der Waals surface area contributed by atoms with E-state index in [1.165, 1.54) is 18.1 Å². The fourth-order valence-corrected chi connectivity index (χ4v) is 4.29. The van der Waals surface area contributed by atoms with Crippen LogP contribution in [-0.2, 0) is 10.3 Å². The van der Waals surface area contributed by atoms with Crippen LogP contribution < -0.4 is 5.73 Å². The van der Waals surface area contributed by atoms with Crippen molar-refractivity contribution in [2.75, 3.05) is 0 Å². The molecule has 0 radical (unpaired) electrons. The van der Waals surface area contributed by atoms with Gasteiger partial charge in [0.1, 0.15) is 17.9 Å². The van der Waals surface area contributed by atoms with Gasteiger partial charge in [0.05, 0.1) is 0 Å². The number of carbonyl (C=O) groups is 1. The number of hydrogen-bond donors (Lipinski definition) is 2. The van der Waals surface area contributed by atoms with E-state index >= 15 is 0 Å². The summed E-state index contributed by atoms with van der Waals surface area (Å²) in [6, 6.07) is 18.0. The number of carboxylic acid groups (broad SMARTS) is 1. The fraction of sp³-hybridized carbons (Fsp3) is 0.261. The predicted molar refractivity (Wildman–Crippen MR) is 112 cm³/mol. The maximum Gasteiger partial charge on any atom is 0.356 e. The molecule has 2 heterocycles. The highest BCUT2D eigenvalue weighted by atomic mass is 16.4. The van der Waals surface area contributed by atoms with Crippen molar-refractivity contribution in [1.29, 1.82) is 0 Å². The van der Waals surface area contributed by atoms with Gasteiger partial charge < -0.3 is 10.8 Å². The number of rotatable bonds is 4. The highest BCUT2D eigenvalue weighted by molar-refractivity contribution is 6.41. The van der Waals surface area contributed by atoms with Gasteiger partial charge in [-0.15, -0.1) is 0 Å². The summed E-state index contributed by atoms with van der Waals surface area (Å²) in [6.07, 6.45) is 6.45. The monoisotopic (exact) mass is 386 g/mol. The number of benzene rings is 2. The van der Waals surface area contributed by atoms with Crippen molar-refractivity contribution in [2.24, 2.45) is 15.8 Å². The van der Waals surface area contributed by atoms with E-state index < -0.39 is 5.97 Å². The molecule has 2 aliphatic heterocycles. The molecule has 2 aromatic carbocycles. The van der Waals surface area contributed by atoms with Crippen LogP contribution in [0.15, 0.2) is 76.8 Å². The minimum Gasteiger partial charge on any atom is -0.476 e. The Hall–Kier alpha value is -3.25. The summed E-state index contributed by atoms with van der Waals surface area (Å²) in [7, 11) is 0. The molecular weight excluding hydrogens is 364 g/mol. The molecule has 3 aliphatic rings. The molecule has 2 atom stereocenters. The lowest BCUT2D eigenvalue weighted by Gasteiger charge is -2.38. The Morgan fingerprint density at radius 1 is 1.03 bits per heavy atom. The molecule has 3 N–H and O–H groups in total. The Labute approximate surface area is 169 Å². The average Bonchev–Trinajstić information content (AvgIpc) is 3.11. The number of hydrazone groups is 1. The number of aliphatic imine (C=N–C) groups is 1. The number of aliphatic carboxylic acids is 1. The van der Waals surface area contributed by atoms with Crippen molar-refractivity contribution < 1.29 is 9.90 Å². The quantitative estimate of drug-likeness (QED) is 0.841. The molecule has 6 heteroatoms. The molecule has 0 spiro atoms. The lowest BCUT2D eigenvalue weighted by molar-refractivity contribution is -0.129. The van der Waals surface area contributed by atoms with Gasteiger partial charge in [-0.05, 0) is 48.1 Å². The van der Waals surface area contributed by atoms with Crippen LogP contribution in [0.25, 0.3) is 0 Å². The molecule has 146 valence electrons. The summed E-state index contributed by atoms with van der Waals surface area (Å²) in [5.74, 6) is -0.374. The average molecular weight is 386 g/mol. The molecule has 1 saturated carbocycles. The number of fused-ring (bicyclic) bond motifs is 1. The molecule has 0 amide bonds. The topological polar surface area (TPSA) is 91.3 Å². The van der Waals surface area contributed by atoms with Crippen LogP contribution in [0.2, 0.25) is 0 Å². The first kappa shape index (κ1) is 17.8. The van der Waals surface area contributed by atoms with Crippen molar-refractivity contribution in [3.63, 3.8) is 0 Å². The summed E-state index contributed by atoms with van der Waals surface area (Å²) in [4.78, 5) is 16.3. The first-order valence-electron chi connectivity index (χ1n) is 9.86. The Morgan fingerprint density at radius 3 is 2.38 bits per heavy atom. The minimum atomic E-state index is -1.05. The second-order valence-corrected chi connectivity index (χ2v) is 7.89. The van der Waals surface area contributed by atoms with Crippen LogP contribution in [0.3, 0.4) is 0 Å². The number of nitrogens with zero attached hydrogens (tertiary/aromatic N) is 3. The van der Waals surface area contributed by atoms with Crippen molar-refractivity contribution in [3.05, 3.63) is 83.4 Å². The van der Waals surface area contributed by atoms with Crippen LogP contribution in [-0.4, -0.2) is 27.6 Å². The SMILES string of the molecule is NC1(c2ccc(C3N=C4C=CC(C(=O)O)=NN4C3c3ccccc3)cc2)CCC1. The molecule has 0 saturated heterocycles. The molecule has 0 aromatic heterocycles. The van der Waals surface area contributed by atoms with Gasteiger partial charge in [0.25, 0.3) is 0 Å². The zero-order valence-corrected chi connectivity index (χ0v) is 15.9. The fourth-order valence-electron chi connectivity index (χ4n) is 4.29. The van der Waals surface area contributed by atoms with Gasteiger partial charge in [-0.3, -0.25) is 4.99 Å². The van der Waals surface area contributed by atoms with Crippen LogP contribution in [0, 0.1) is 0 Å². The minimum absolute atomic E-state index is 0.0101. The molecule has 6 nitrogen and oxygen atoms in total. The summed E-state index contributed by atoms with van der Waals surface area (Å²) >= 11 is 0. The van der Waals surface area contributed by atoms with E-state index in [2.05, 4.69) is 29.4 Å². The molecule has 2 unspecified atom stereocenters. The van der Waals surface area contributed by atoms with Gasteiger partial charge in [0.2, 0.25) is 0 Å². The van der Waals surface area contributed by atoms with Gasteiger partial charge in [-0.25, -0.2) is 9.80 Å². The van der Waals surface area contributed by atoms with E-state index in [-0.39, 0.29) is 23.3 Å².